The van der Waals surface area contributed by atoms with E-state index in [-0.39, 0.29) is 18.4 Å². The predicted octanol–water partition coefficient (Wildman–Crippen LogP) is 3.55. The number of carbonyl (C=O) groups is 1. The largest absolute Gasteiger partial charge is 0.456 e. The smallest absolute Gasteiger partial charge is 0.307 e. The number of hydrogen-bond acceptors (Lipinski definition) is 2. The molecule has 4 heteroatoms. The minimum Gasteiger partial charge on any atom is -0.456 e. The van der Waals surface area contributed by atoms with Crippen LogP contribution >= 0.6 is 45.2 Å². The molecule has 88 valence electrons. The zero-order valence-electron chi connectivity index (χ0n) is 9.02. The van der Waals surface area contributed by atoms with Gasteiger partial charge in [-0.2, -0.15) is 0 Å². The van der Waals surface area contributed by atoms with Crippen molar-refractivity contribution in [2.45, 2.75) is 51.0 Å². The molecule has 0 N–H and O–H groups in total. The van der Waals surface area contributed by atoms with Crippen LogP contribution in [0.5, 0.6) is 0 Å². The Morgan fingerprint density at radius 2 is 1.75 bits per heavy atom. The molecular formula is C12H14I2O2. The molecule has 0 unspecified atom stereocenters. The molecule has 3 aliphatic rings. The lowest BCUT2D eigenvalue weighted by Crippen LogP contribution is -2.59. The van der Waals surface area contributed by atoms with Crippen LogP contribution in [-0.4, -0.2) is 18.4 Å². The first-order valence-corrected chi connectivity index (χ1v) is 7.83. The number of ether oxygens (including phenoxy) is 1. The van der Waals surface area contributed by atoms with Gasteiger partial charge in [0.1, 0.15) is 5.60 Å². The van der Waals surface area contributed by atoms with Gasteiger partial charge in [0.2, 0.25) is 0 Å². The lowest BCUT2D eigenvalue weighted by Gasteiger charge is -2.50. The molecule has 1 spiro atoms. The molecule has 0 bridgehead atoms. The van der Waals surface area contributed by atoms with Crippen LogP contribution in [0.4, 0.5) is 0 Å². The zero-order chi connectivity index (χ0) is 11.6. The molecule has 16 heavy (non-hydrogen) atoms. The Kier molecular flexibility index (Phi) is 2.47. The topological polar surface area (TPSA) is 26.3 Å². The number of esters is 1. The summed E-state index contributed by atoms with van der Waals surface area (Å²) in [5.74, 6) is -0.00737. The van der Waals surface area contributed by atoms with Crippen molar-refractivity contribution in [2.75, 3.05) is 0 Å². The Balaban J connectivity index is 2.15. The molecule has 3 rings (SSSR count). The molecular weight excluding hydrogens is 430 g/mol. The molecule has 0 amide bonds. The maximum Gasteiger partial charge on any atom is 0.307 e. The van der Waals surface area contributed by atoms with Gasteiger partial charge in [-0.05, 0) is 19.3 Å². The van der Waals surface area contributed by atoms with Gasteiger partial charge in [0.25, 0.3) is 0 Å². The van der Waals surface area contributed by atoms with Crippen molar-refractivity contribution in [2.24, 2.45) is 0 Å². The summed E-state index contributed by atoms with van der Waals surface area (Å²) in [5.41, 5.74) is 1.00. The van der Waals surface area contributed by atoms with Gasteiger partial charge in [-0.15, -0.1) is 0 Å². The number of alkyl halides is 2. The average Bonchev–Trinajstić information content (AvgIpc) is 2.51. The second-order valence-corrected chi connectivity index (χ2v) is 9.50. The summed E-state index contributed by atoms with van der Waals surface area (Å²) >= 11 is 5.04. The highest BCUT2D eigenvalue weighted by Gasteiger charge is 2.72. The third-order valence-corrected chi connectivity index (χ3v) is 7.92. The number of rotatable bonds is 0. The summed E-state index contributed by atoms with van der Waals surface area (Å²) in [6, 6.07) is 0. The van der Waals surface area contributed by atoms with E-state index < -0.39 is 0 Å². The van der Waals surface area contributed by atoms with Crippen molar-refractivity contribution in [3.05, 3.63) is 12.2 Å². The highest BCUT2D eigenvalue weighted by atomic mass is 127. The van der Waals surface area contributed by atoms with Crippen molar-refractivity contribution in [1.82, 2.24) is 0 Å². The summed E-state index contributed by atoms with van der Waals surface area (Å²) in [6.45, 7) is 4.14. The molecule has 0 aromatic carbocycles. The van der Waals surface area contributed by atoms with Crippen molar-refractivity contribution in [3.8, 4) is 0 Å². The summed E-state index contributed by atoms with van der Waals surface area (Å²) < 4.78 is 5.96. The van der Waals surface area contributed by atoms with Gasteiger partial charge in [0.15, 0.2) is 0 Å². The molecule has 2 aliphatic carbocycles. The lowest BCUT2D eigenvalue weighted by molar-refractivity contribution is -0.150. The fourth-order valence-corrected chi connectivity index (χ4v) is 7.49. The van der Waals surface area contributed by atoms with Crippen LogP contribution in [0.2, 0.25) is 0 Å². The maximum atomic E-state index is 11.7. The van der Waals surface area contributed by atoms with Gasteiger partial charge in [-0.25, -0.2) is 0 Å². The first kappa shape index (κ1) is 11.7. The lowest BCUT2D eigenvalue weighted by atomic mass is 9.70. The highest BCUT2D eigenvalue weighted by molar-refractivity contribution is 14.1. The summed E-state index contributed by atoms with van der Waals surface area (Å²) in [4.78, 5) is 11.7. The second kappa shape index (κ2) is 3.36. The Labute approximate surface area is 123 Å². The molecule has 0 aromatic rings. The molecule has 1 aliphatic heterocycles. The fourth-order valence-electron chi connectivity index (χ4n) is 3.72. The van der Waals surface area contributed by atoms with Gasteiger partial charge in [-0.1, -0.05) is 63.8 Å². The minimum atomic E-state index is -0.256. The van der Waals surface area contributed by atoms with Crippen LogP contribution in [-0.2, 0) is 9.53 Å². The number of hydrogen-bond donors (Lipinski definition) is 0. The van der Waals surface area contributed by atoms with Gasteiger partial charge < -0.3 is 4.74 Å². The van der Waals surface area contributed by atoms with Gasteiger partial charge >= 0.3 is 5.97 Å². The first-order chi connectivity index (χ1) is 7.41. The highest BCUT2D eigenvalue weighted by Crippen LogP contribution is 2.67. The van der Waals surface area contributed by atoms with E-state index in [4.69, 9.17) is 4.74 Å². The maximum absolute atomic E-state index is 11.7. The van der Waals surface area contributed by atoms with Crippen LogP contribution < -0.4 is 0 Å². The Morgan fingerprint density at radius 1 is 1.12 bits per heavy atom. The quantitative estimate of drug-likeness (QED) is 0.248. The van der Waals surface area contributed by atoms with Gasteiger partial charge in [-0.3, -0.25) is 4.79 Å². The molecule has 0 aromatic heterocycles. The molecule has 2 saturated carbocycles. The van der Waals surface area contributed by atoms with Crippen molar-refractivity contribution < 1.29 is 9.53 Å². The molecule has 3 fully saturated rings. The van der Waals surface area contributed by atoms with E-state index in [2.05, 4.69) is 51.8 Å². The average molecular weight is 444 g/mol. The van der Waals surface area contributed by atoms with E-state index in [0.29, 0.717) is 6.42 Å². The Hall–Kier alpha value is 0.670. The molecule has 1 heterocycles. The Bertz CT molecular complexity index is 356. The first-order valence-electron chi connectivity index (χ1n) is 5.67. The predicted molar refractivity (Wildman–Crippen MR) is 79.2 cm³/mol. The summed E-state index contributed by atoms with van der Waals surface area (Å²) in [5, 5.41) is 0. The van der Waals surface area contributed by atoms with Crippen molar-refractivity contribution in [1.29, 1.82) is 0 Å². The molecule has 0 radical (unpaired) electrons. The van der Waals surface area contributed by atoms with Gasteiger partial charge in [0, 0.05) is 6.42 Å². The monoisotopic (exact) mass is 444 g/mol. The summed E-state index contributed by atoms with van der Waals surface area (Å²) in [6.07, 6.45) is 5.96. The van der Waals surface area contributed by atoms with E-state index in [1.807, 2.05) is 0 Å². The molecule has 1 saturated heterocycles. The van der Waals surface area contributed by atoms with E-state index >= 15 is 0 Å². The van der Waals surface area contributed by atoms with E-state index in [1.165, 1.54) is 12.0 Å². The fraction of sp³-hybridized carbons (Fsp3) is 0.750. The molecule has 3 atom stereocenters. The minimum absolute atomic E-state index is 0.00737. The van der Waals surface area contributed by atoms with Crippen LogP contribution in [0.3, 0.4) is 0 Å². The second-order valence-electron chi connectivity index (χ2n) is 5.37. The normalized spacial score (nSPS) is 51.1. The van der Waals surface area contributed by atoms with E-state index in [0.717, 1.165) is 25.7 Å². The number of halogens is 2. The number of carbonyl (C=O) groups excluding carboxylic acids is 1. The van der Waals surface area contributed by atoms with Crippen LogP contribution in [0, 0.1) is 0 Å². The van der Waals surface area contributed by atoms with Crippen molar-refractivity contribution >= 4 is 51.2 Å². The van der Waals surface area contributed by atoms with Crippen molar-refractivity contribution in [3.63, 3.8) is 0 Å². The third-order valence-electron chi connectivity index (χ3n) is 4.34. The zero-order valence-corrected chi connectivity index (χ0v) is 13.3. The third kappa shape index (κ3) is 1.26. The van der Waals surface area contributed by atoms with E-state index in [9.17, 15) is 4.79 Å². The Morgan fingerprint density at radius 3 is 2.44 bits per heavy atom. The summed E-state index contributed by atoms with van der Waals surface area (Å²) in [7, 11) is 0. The van der Waals surface area contributed by atoms with Crippen LogP contribution in [0.15, 0.2) is 12.2 Å². The standard InChI is InChI=1S/C12H14I2O2/c1-8-5-10(13)3-2-4-11(14)7-9(15)16-12(10,11)6-8/h1-7H2/t10-,11-,12+/m1/s1. The SMILES string of the molecule is C=C1C[C@]2(I)CCC[C@@]3(I)CC(=O)O[C@@]23C1. The van der Waals surface area contributed by atoms with Crippen LogP contribution in [0.1, 0.15) is 38.5 Å². The molecule has 2 nitrogen and oxygen atoms in total. The van der Waals surface area contributed by atoms with Gasteiger partial charge in [0.05, 0.1) is 13.3 Å². The van der Waals surface area contributed by atoms with E-state index in [1.54, 1.807) is 0 Å². The van der Waals surface area contributed by atoms with Crippen LogP contribution in [0.25, 0.3) is 0 Å².